The Hall–Kier alpha value is -2.88. The smallest absolute Gasteiger partial charge is 0.259 e. The van der Waals surface area contributed by atoms with Crippen LogP contribution in [0.1, 0.15) is 44.8 Å². The number of hydrogen-bond donors (Lipinski definition) is 1. The zero-order valence-electron chi connectivity index (χ0n) is 20.8. The van der Waals surface area contributed by atoms with Gasteiger partial charge in [-0.2, -0.15) is 0 Å². The molecule has 5 nitrogen and oxygen atoms in total. The number of anilines is 1. The van der Waals surface area contributed by atoms with Gasteiger partial charge in [-0.15, -0.1) is 11.3 Å². The maximum absolute atomic E-state index is 13.4. The first-order chi connectivity index (χ1) is 18.5. The Labute approximate surface area is 245 Å². The number of carbonyl (C=O) groups is 1. The van der Waals surface area contributed by atoms with Crippen molar-refractivity contribution in [3.63, 3.8) is 0 Å². The van der Waals surface area contributed by atoms with Crippen molar-refractivity contribution in [1.29, 1.82) is 0 Å². The van der Waals surface area contributed by atoms with Crippen molar-refractivity contribution in [3.05, 3.63) is 102 Å². The monoisotopic (exact) mass is 656 g/mol. The summed E-state index contributed by atoms with van der Waals surface area (Å²) in [7, 11) is 1.62. The Morgan fingerprint density at radius 3 is 2.66 bits per heavy atom. The number of hydrogen-bond acceptors (Lipinski definition) is 5. The largest absolute Gasteiger partial charge is 0.493 e. The van der Waals surface area contributed by atoms with E-state index in [9.17, 15) is 4.79 Å². The Bertz CT molecular complexity index is 1490. The van der Waals surface area contributed by atoms with Gasteiger partial charge in [-0.25, -0.2) is 4.99 Å². The standard InChI is InChI=1S/C30H26ClIN2O3S/c1-36-25-16-19(15-24(32)28(25)37-18-20-9-5-7-13-23(20)31)17-33-30-27(22-12-6-8-14-26(22)38-30)29(35)34-21-10-3-2-4-11-21/h2-5,7,9-11,13,15-17H,6,8,12,14,18H2,1H3,(H,34,35). The van der Waals surface area contributed by atoms with Gasteiger partial charge in [0.2, 0.25) is 0 Å². The van der Waals surface area contributed by atoms with Crippen molar-refractivity contribution in [2.75, 3.05) is 12.4 Å². The molecule has 0 radical (unpaired) electrons. The molecule has 194 valence electrons. The van der Waals surface area contributed by atoms with Crippen LogP contribution in [0.4, 0.5) is 10.7 Å². The van der Waals surface area contributed by atoms with Gasteiger partial charge in [0.1, 0.15) is 11.6 Å². The molecule has 1 heterocycles. The molecule has 0 unspecified atom stereocenters. The van der Waals surface area contributed by atoms with Gasteiger partial charge in [0.25, 0.3) is 5.91 Å². The van der Waals surface area contributed by atoms with Gasteiger partial charge in [0, 0.05) is 27.4 Å². The number of amides is 1. The molecule has 0 aliphatic heterocycles. The molecule has 1 aliphatic rings. The third kappa shape index (κ3) is 6.06. The van der Waals surface area contributed by atoms with E-state index in [0.29, 0.717) is 28.7 Å². The molecule has 8 heteroatoms. The molecule has 0 atom stereocenters. The number of carbonyl (C=O) groups excluding carboxylic acids is 1. The summed E-state index contributed by atoms with van der Waals surface area (Å²) < 4.78 is 12.6. The fourth-order valence-electron chi connectivity index (χ4n) is 4.44. The number of nitrogens with zero attached hydrogens (tertiary/aromatic N) is 1. The number of nitrogens with one attached hydrogen (secondary N) is 1. The minimum atomic E-state index is -0.113. The van der Waals surface area contributed by atoms with Gasteiger partial charge in [-0.1, -0.05) is 48.0 Å². The number of halogens is 2. The molecule has 3 aromatic carbocycles. The quantitative estimate of drug-likeness (QED) is 0.153. The van der Waals surface area contributed by atoms with E-state index in [1.54, 1.807) is 24.7 Å². The molecule has 5 rings (SSSR count). The number of rotatable bonds is 8. The van der Waals surface area contributed by atoms with Gasteiger partial charge in [-0.05, 0) is 89.7 Å². The highest BCUT2D eigenvalue weighted by molar-refractivity contribution is 14.1. The normalized spacial score (nSPS) is 12.8. The number of methoxy groups -OCH3 is 1. The summed E-state index contributed by atoms with van der Waals surface area (Å²) >= 11 is 10.1. The third-order valence-electron chi connectivity index (χ3n) is 6.32. The lowest BCUT2D eigenvalue weighted by molar-refractivity contribution is 0.102. The van der Waals surface area contributed by atoms with Gasteiger partial charge < -0.3 is 14.8 Å². The van der Waals surface area contributed by atoms with Crippen molar-refractivity contribution >= 4 is 68.3 Å². The van der Waals surface area contributed by atoms with Crippen molar-refractivity contribution < 1.29 is 14.3 Å². The average molecular weight is 657 g/mol. The Morgan fingerprint density at radius 2 is 1.87 bits per heavy atom. The maximum atomic E-state index is 13.4. The molecule has 0 saturated carbocycles. The van der Waals surface area contributed by atoms with E-state index in [2.05, 4.69) is 27.9 Å². The first kappa shape index (κ1) is 26.7. The maximum Gasteiger partial charge on any atom is 0.259 e. The van der Waals surface area contributed by atoms with E-state index in [1.807, 2.05) is 66.7 Å². The summed E-state index contributed by atoms with van der Waals surface area (Å²) in [6, 6.07) is 21.0. The van der Waals surface area contributed by atoms with Gasteiger partial charge in [0.05, 0.1) is 16.2 Å². The second-order valence-corrected chi connectivity index (χ2v) is 11.5. The van der Waals surface area contributed by atoms with E-state index in [4.69, 9.17) is 26.1 Å². The van der Waals surface area contributed by atoms with E-state index in [0.717, 1.165) is 56.6 Å². The van der Waals surface area contributed by atoms with Crippen molar-refractivity contribution in [3.8, 4) is 11.5 Å². The minimum absolute atomic E-state index is 0.113. The molecule has 1 aliphatic carbocycles. The number of fused-ring (bicyclic) bond motifs is 1. The Balaban J connectivity index is 1.41. The van der Waals surface area contributed by atoms with E-state index < -0.39 is 0 Å². The molecule has 1 N–H and O–H groups in total. The van der Waals surface area contributed by atoms with Crippen LogP contribution in [0.15, 0.2) is 71.7 Å². The summed E-state index contributed by atoms with van der Waals surface area (Å²) in [5.74, 6) is 1.15. The van der Waals surface area contributed by atoms with E-state index in [-0.39, 0.29) is 5.91 Å². The van der Waals surface area contributed by atoms with Crippen LogP contribution in [0.25, 0.3) is 0 Å². The summed E-state index contributed by atoms with van der Waals surface area (Å²) in [5.41, 5.74) is 4.36. The predicted molar refractivity (Wildman–Crippen MR) is 164 cm³/mol. The molecule has 0 bridgehead atoms. The summed E-state index contributed by atoms with van der Waals surface area (Å²) in [6.07, 6.45) is 5.91. The lowest BCUT2D eigenvalue weighted by atomic mass is 9.95. The van der Waals surface area contributed by atoms with Crippen molar-refractivity contribution in [1.82, 2.24) is 0 Å². The van der Waals surface area contributed by atoms with Crippen LogP contribution in [-0.4, -0.2) is 19.2 Å². The number of ether oxygens (including phenoxy) is 2. The van der Waals surface area contributed by atoms with Gasteiger partial charge in [0.15, 0.2) is 11.5 Å². The summed E-state index contributed by atoms with van der Waals surface area (Å²) in [5, 5.41) is 4.44. The molecule has 0 spiro atoms. The predicted octanol–water partition coefficient (Wildman–Crippen LogP) is 8.48. The van der Waals surface area contributed by atoms with Gasteiger partial charge in [-0.3, -0.25) is 4.79 Å². The lowest BCUT2D eigenvalue weighted by Gasteiger charge is -2.14. The molecular weight excluding hydrogens is 631 g/mol. The molecular formula is C30H26ClIN2O3S. The fraction of sp³-hybridized carbons (Fsp3) is 0.200. The van der Waals surface area contributed by atoms with Crippen LogP contribution in [0.5, 0.6) is 11.5 Å². The molecule has 1 aromatic heterocycles. The highest BCUT2D eigenvalue weighted by Gasteiger charge is 2.25. The van der Waals surface area contributed by atoms with Crippen molar-refractivity contribution in [2.24, 2.45) is 4.99 Å². The van der Waals surface area contributed by atoms with Crippen LogP contribution in [-0.2, 0) is 19.4 Å². The van der Waals surface area contributed by atoms with E-state index in [1.165, 1.54) is 4.88 Å². The van der Waals surface area contributed by atoms with Crippen LogP contribution in [0, 0.1) is 3.57 Å². The number of aryl methyl sites for hydroxylation is 1. The number of aliphatic imine (C=N–C) groups is 1. The van der Waals surface area contributed by atoms with E-state index >= 15 is 0 Å². The van der Waals surface area contributed by atoms with Gasteiger partial charge >= 0.3 is 0 Å². The summed E-state index contributed by atoms with van der Waals surface area (Å²) in [6.45, 7) is 0.333. The molecule has 0 fully saturated rings. The zero-order chi connectivity index (χ0) is 26.5. The fourth-order valence-corrected chi connectivity index (χ4v) is 6.65. The average Bonchev–Trinajstić information content (AvgIpc) is 3.31. The SMILES string of the molecule is COc1cc(C=Nc2sc3c(c2C(=O)Nc2ccccc2)CCCC3)cc(I)c1OCc1ccccc1Cl. The lowest BCUT2D eigenvalue weighted by Crippen LogP contribution is -2.14. The number of thiophene rings is 1. The first-order valence-corrected chi connectivity index (χ1v) is 14.6. The minimum Gasteiger partial charge on any atom is -0.493 e. The highest BCUT2D eigenvalue weighted by Crippen LogP contribution is 2.41. The Morgan fingerprint density at radius 1 is 1.11 bits per heavy atom. The number of para-hydroxylation sites is 1. The summed E-state index contributed by atoms with van der Waals surface area (Å²) in [4.78, 5) is 19.4. The molecule has 38 heavy (non-hydrogen) atoms. The zero-order valence-corrected chi connectivity index (χ0v) is 24.5. The van der Waals surface area contributed by atoms with Crippen LogP contribution < -0.4 is 14.8 Å². The van der Waals surface area contributed by atoms with Crippen LogP contribution in [0.2, 0.25) is 5.02 Å². The second kappa shape index (κ2) is 12.3. The van der Waals surface area contributed by atoms with Crippen molar-refractivity contribution in [2.45, 2.75) is 32.3 Å². The third-order valence-corrected chi connectivity index (χ3v) is 8.69. The Kier molecular flexibility index (Phi) is 8.66. The van der Waals surface area contributed by atoms with Crippen LogP contribution >= 0.6 is 45.5 Å². The number of benzene rings is 3. The first-order valence-electron chi connectivity index (χ1n) is 12.3. The van der Waals surface area contributed by atoms with Crippen LogP contribution in [0.3, 0.4) is 0 Å². The highest BCUT2D eigenvalue weighted by atomic mass is 127. The molecule has 4 aromatic rings. The molecule has 1 amide bonds. The second-order valence-electron chi connectivity index (χ2n) is 8.88. The molecule has 0 saturated heterocycles. The topological polar surface area (TPSA) is 59.9 Å².